The molecule has 2 rings (SSSR count). The Hall–Kier alpha value is -1.75. The van der Waals surface area contributed by atoms with Crippen LogP contribution in [0.15, 0.2) is 18.2 Å². The first kappa shape index (κ1) is 15.6. The molecule has 1 saturated heterocycles. The summed E-state index contributed by atoms with van der Waals surface area (Å²) < 4.78 is 5.25. The summed E-state index contributed by atoms with van der Waals surface area (Å²) in [5, 5.41) is 3.32. The molecule has 0 unspecified atom stereocenters. The lowest BCUT2D eigenvalue weighted by atomic mass is 9.97. The molecule has 1 aromatic carbocycles. The van der Waals surface area contributed by atoms with Crippen LogP contribution in [0.3, 0.4) is 0 Å². The highest BCUT2D eigenvalue weighted by Crippen LogP contribution is 2.25. The van der Waals surface area contributed by atoms with Crippen LogP contribution in [0.4, 0.5) is 0 Å². The fourth-order valence-corrected chi connectivity index (χ4v) is 2.67. The molecular weight excluding hydrogens is 292 g/mol. The zero-order valence-corrected chi connectivity index (χ0v) is 13.2. The monoisotopic (exact) mass is 310 g/mol. The van der Waals surface area contributed by atoms with E-state index in [9.17, 15) is 9.59 Å². The van der Waals surface area contributed by atoms with Gasteiger partial charge in [0.2, 0.25) is 11.8 Å². The average molecular weight is 311 g/mol. The van der Waals surface area contributed by atoms with Gasteiger partial charge in [-0.05, 0) is 32.0 Å². The number of hydrogen-bond acceptors (Lipinski definition) is 3. The average Bonchev–Trinajstić information content (AvgIpc) is 2.42. The molecule has 1 aliphatic heterocycles. The Morgan fingerprint density at radius 2 is 2.19 bits per heavy atom. The quantitative estimate of drug-likeness (QED) is 0.923. The van der Waals surface area contributed by atoms with Crippen molar-refractivity contribution in [2.45, 2.75) is 25.8 Å². The van der Waals surface area contributed by atoms with E-state index in [4.69, 9.17) is 16.3 Å². The molecule has 1 heterocycles. The molecule has 0 atom stereocenters. The Kier molecular flexibility index (Phi) is 4.42. The van der Waals surface area contributed by atoms with Gasteiger partial charge in [-0.25, -0.2) is 0 Å². The zero-order chi connectivity index (χ0) is 15.6. The van der Waals surface area contributed by atoms with Crippen molar-refractivity contribution in [2.24, 2.45) is 0 Å². The van der Waals surface area contributed by atoms with E-state index in [2.05, 4.69) is 5.32 Å². The number of methoxy groups -OCH3 is 1. The minimum atomic E-state index is -0.846. The summed E-state index contributed by atoms with van der Waals surface area (Å²) in [5.41, 5.74) is -0.127. The second-order valence-corrected chi connectivity index (χ2v) is 5.93. The van der Waals surface area contributed by atoms with Crippen molar-refractivity contribution in [3.8, 4) is 5.75 Å². The third kappa shape index (κ3) is 3.13. The van der Waals surface area contributed by atoms with Gasteiger partial charge >= 0.3 is 0 Å². The number of hydrogen-bond donors (Lipinski definition) is 1. The number of piperazine rings is 1. The maximum Gasteiger partial charge on any atom is 0.245 e. The summed E-state index contributed by atoms with van der Waals surface area (Å²) in [6.45, 7) is 4.46. The molecule has 0 aromatic heterocycles. The zero-order valence-electron chi connectivity index (χ0n) is 12.4. The van der Waals surface area contributed by atoms with E-state index >= 15 is 0 Å². The Morgan fingerprint density at radius 3 is 2.86 bits per heavy atom. The van der Waals surface area contributed by atoms with Crippen LogP contribution in [-0.4, -0.2) is 42.5 Å². The van der Waals surface area contributed by atoms with Crippen LogP contribution >= 0.6 is 11.6 Å². The maximum atomic E-state index is 12.6. The van der Waals surface area contributed by atoms with Crippen molar-refractivity contribution < 1.29 is 14.3 Å². The van der Waals surface area contributed by atoms with E-state index in [1.165, 1.54) is 0 Å². The molecule has 6 heteroatoms. The number of ether oxygens (including phenoxy) is 1. The van der Waals surface area contributed by atoms with Crippen LogP contribution in [0.2, 0.25) is 5.02 Å². The summed E-state index contributed by atoms with van der Waals surface area (Å²) >= 11 is 5.98. The SMILES string of the molecule is COc1ccc(Cl)cc1CC(=O)N1CCNC(=O)C1(C)C. The van der Waals surface area contributed by atoms with Gasteiger partial charge in [-0.1, -0.05) is 11.6 Å². The maximum absolute atomic E-state index is 12.6. The standard InChI is InChI=1S/C15H19ClN2O3/c1-15(2)14(20)17-6-7-18(15)13(19)9-10-8-11(16)4-5-12(10)21-3/h4-5,8H,6-7,9H2,1-3H3,(H,17,20). The molecular formula is C15H19ClN2O3. The predicted octanol–water partition coefficient (Wildman–Crippen LogP) is 1.63. The fraction of sp³-hybridized carbons (Fsp3) is 0.467. The molecule has 0 saturated carbocycles. The van der Waals surface area contributed by atoms with E-state index in [0.717, 1.165) is 5.56 Å². The van der Waals surface area contributed by atoms with Gasteiger partial charge in [0.1, 0.15) is 11.3 Å². The summed E-state index contributed by atoms with van der Waals surface area (Å²) in [5.74, 6) is 0.364. The van der Waals surface area contributed by atoms with Gasteiger partial charge in [-0.2, -0.15) is 0 Å². The third-order valence-electron chi connectivity index (χ3n) is 3.74. The lowest BCUT2D eigenvalue weighted by Gasteiger charge is -2.41. The molecule has 1 aromatic rings. The number of nitrogens with zero attached hydrogens (tertiary/aromatic N) is 1. The molecule has 21 heavy (non-hydrogen) atoms. The van der Waals surface area contributed by atoms with Crippen LogP contribution in [0, 0.1) is 0 Å². The number of nitrogens with one attached hydrogen (secondary N) is 1. The fourth-order valence-electron chi connectivity index (χ4n) is 2.48. The first-order chi connectivity index (χ1) is 9.86. The van der Waals surface area contributed by atoms with E-state index in [1.54, 1.807) is 44.1 Å². The lowest BCUT2D eigenvalue weighted by Crippen LogP contribution is -2.63. The number of carbonyl (C=O) groups excluding carboxylic acids is 2. The Balaban J connectivity index is 2.22. The molecule has 0 radical (unpaired) electrons. The van der Waals surface area contributed by atoms with Crippen molar-refractivity contribution in [3.05, 3.63) is 28.8 Å². The molecule has 5 nitrogen and oxygen atoms in total. The molecule has 0 spiro atoms. The highest BCUT2D eigenvalue weighted by Gasteiger charge is 2.40. The van der Waals surface area contributed by atoms with Crippen molar-refractivity contribution in [1.82, 2.24) is 10.2 Å². The molecule has 1 fully saturated rings. The number of amides is 2. The van der Waals surface area contributed by atoms with Gasteiger partial charge < -0.3 is 15.0 Å². The molecule has 0 aliphatic carbocycles. The molecule has 1 aliphatic rings. The normalized spacial score (nSPS) is 17.3. The Labute approximate surface area is 129 Å². The van der Waals surface area contributed by atoms with Crippen molar-refractivity contribution in [1.29, 1.82) is 0 Å². The van der Waals surface area contributed by atoms with Crippen molar-refractivity contribution >= 4 is 23.4 Å². The Morgan fingerprint density at radius 1 is 1.48 bits per heavy atom. The van der Waals surface area contributed by atoms with Gasteiger partial charge in [0.15, 0.2) is 0 Å². The van der Waals surface area contributed by atoms with Crippen LogP contribution in [0.25, 0.3) is 0 Å². The summed E-state index contributed by atoms with van der Waals surface area (Å²) in [6, 6.07) is 5.17. The predicted molar refractivity (Wildman–Crippen MR) is 80.5 cm³/mol. The van der Waals surface area contributed by atoms with Crippen molar-refractivity contribution in [3.63, 3.8) is 0 Å². The van der Waals surface area contributed by atoms with Crippen LogP contribution < -0.4 is 10.1 Å². The van der Waals surface area contributed by atoms with Gasteiger partial charge in [-0.15, -0.1) is 0 Å². The summed E-state index contributed by atoms with van der Waals surface area (Å²) in [4.78, 5) is 26.1. The van der Waals surface area contributed by atoms with E-state index in [-0.39, 0.29) is 18.2 Å². The van der Waals surface area contributed by atoms with E-state index < -0.39 is 5.54 Å². The largest absolute Gasteiger partial charge is 0.496 e. The highest BCUT2D eigenvalue weighted by molar-refractivity contribution is 6.30. The van der Waals surface area contributed by atoms with Gasteiger partial charge in [0, 0.05) is 23.7 Å². The van der Waals surface area contributed by atoms with Crippen LogP contribution in [0.5, 0.6) is 5.75 Å². The number of rotatable bonds is 3. The first-order valence-electron chi connectivity index (χ1n) is 6.77. The molecule has 2 amide bonds. The number of halogens is 1. The smallest absolute Gasteiger partial charge is 0.245 e. The second-order valence-electron chi connectivity index (χ2n) is 5.49. The number of carbonyl (C=O) groups is 2. The summed E-state index contributed by atoms with van der Waals surface area (Å²) in [7, 11) is 1.55. The van der Waals surface area contributed by atoms with Crippen LogP contribution in [0.1, 0.15) is 19.4 Å². The second kappa shape index (κ2) is 5.93. The number of benzene rings is 1. The van der Waals surface area contributed by atoms with E-state index in [1.807, 2.05) is 0 Å². The minimum absolute atomic E-state index is 0.115. The van der Waals surface area contributed by atoms with Gasteiger partial charge in [-0.3, -0.25) is 9.59 Å². The summed E-state index contributed by atoms with van der Waals surface area (Å²) in [6.07, 6.45) is 0.153. The van der Waals surface area contributed by atoms with Crippen LogP contribution in [-0.2, 0) is 16.0 Å². The molecule has 0 bridgehead atoms. The van der Waals surface area contributed by atoms with Gasteiger partial charge in [0.25, 0.3) is 0 Å². The van der Waals surface area contributed by atoms with E-state index in [0.29, 0.717) is 23.9 Å². The lowest BCUT2D eigenvalue weighted by molar-refractivity contribution is -0.148. The molecule has 1 N–H and O–H groups in total. The molecule has 114 valence electrons. The minimum Gasteiger partial charge on any atom is -0.496 e. The van der Waals surface area contributed by atoms with Crippen molar-refractivity contribution in [2.75, 3.05) is 20.2 Å². The first-order valence-corrected chi connectivity index (χ1v) is 7.15. The highest BCUT2D eigenvalue weighted by atomic mass is 35.5. The Bertz CT molecular complexity index is 572. The van der Waals surface area contributed by atoms with Gasteiger partial charge in [0.05, 0.1) is 13.5 Å². The third-order valence-corrected chi connectivity index (χ3v) is 3.97. The topological polar surface area (TPSA) is 58.6 Å².